The number of nitrogens with one attached hydrogen (secondary N) is 1. The minimum absolute atomic E-state index is 0.0555. The van der Waals surface area contributed by atoms with Crippen LogP contribution in [0, 0.1) is 12.0 Å². The minimum Gasteiger partial charge on any atom is -0.319 e. The van der Waals surface area contributed by atoms with Gasteiger partial charge in [-0.2, -0.15) is 0 Å². The van der Waals surface area contributed by atoms with Gasteiger partial charge in [-0.1, -0.05) is 5.92 Å². The molecule has 1 nitrogen and oxygen atoms in total. The number of hydrogen-bond acceptors (Lipinski definition) is 1. The van der Waals surface area contributed by atoms with Gasteiger partial charge >= 0.3 is 0 Å². The molecule has 1 rings (SSSR count). The van der Waals surface area contributed by atoms with Crippen LogP contribution in [0.5, 0.6) is 0 Å². The van der Waals surface area contributed by atoms with Crippen LogP contribution in [0.4, 0.5) is 4.39 Å². The number of hydrogen-bond donors (Lipinski definition) is 1. The van der Waals surface area contributed by atoms with Gasteiger partial charge in [0.25, 0.3) is 0 Å². The number of halogens is 1. The van der Waals surface area contributed by atoms with E-state index in [2.05, 4.69) is 17.3 Å². The molecule has 0 unspecified atom stereocenters. The van der Waals surface area contributed by atoms with Crippen molar-refractivity contribution in [3.05, 3.63) is 23.7 Å². The lowest BCUT2D eigenvalue weighted by Gasteiger charge is -2.07. The van der Waals surface area contributed by atoms with Gasteiger partial charge in [0.05, 0.1) is 0 Å². The highest BCUT2D eigenvalue weighted by Crippen LogP contribution is 2.16. The first-order valence-corrected chi connectivity index (χ1v) is 3.56. The van der Waals surface area contributed by atoms with E-state index in [9.17, 15) is 4.39 Å². The second-order valence-corrected chi connectivity index (χ2v) is 2.31. The molecule has 11 heavy (non-hydrogen) atoms. The maximum Gasteiger partial charge on any atom is 0.100 e. The van der Waals surface area contributed by atoms with Gasteiger partial charge in [-0.15, -0.1) is 0 Å². The molecule has 0 aliphatic heterocycles. The van der Waals surface area contributed by atoms with Crippen molar-refractivity contribution in [2.24, 2.45) is 0 Å². The lowest BCUT2D eigenvalue weighted by Crippen LogP contribution is -2.07. The molecule has 0 saturated carbocycles. The molecular formula is C9H10FN. The highest BCUT2D eigenvalue weighted by atomic mass is 19.1. The van der Waals surface area contributed by atoms with Crippen molar-refractivity contribution in [1.29, 1.82) is 0 Å². The molecule has 0 amide bonds. The summed E-state index contributed by atoms with van der Waals surface area (Å²) in [5.41, 5.74) is 0.987. The van der Waals surface area contributed by atoms with Gasteiger partial charge in [0, 0.05) is 18.2 Å². The molecule has 0 spiro atoms. The minimum atomic E-state index is -0.0555. The first-order valence-electron chi connectivity index (χ1n) is 3.56. The molecule has 0 bridgehead atoms. The van der Waals surface area contributed by atoms with Gasteiger partial charge in [-0.05, 0) is 25.5 Å². The van der Waals surface area contributed by atoms with Crippen molar-refractivity contribution < 1.29 is 4.39 Å². The van der Waals surface area contributed by atoms with Crippen molar-refractivity contribution in [2.75, 3.05) is 0 Å². The van der Waals surface area contributed by atoms with Crippen LogP contribution < -0.4 is 5.32 Å². The van der Waals surface area contributed by atoms with Crippen molar-refractivity contribution in [2.45, 2.75) is 19.8 Å². The molecule has 0 aromatic carbocycles. The maximum atomic E-state index is 12.4. The van der Waals surface area contributed by atoms with E-state index in [-0.39, 0.29) is 5.83 Å². The van der Waals surface area contributed by atoms with Crippen molar-refractivity contribution in [3.8, 4) is 12.0 Å². The van der Waals surface area contributed by atoms with E-state index in [1.807, 2.05) is 0 Å². The van der Waals surface area contributed by atoms with E-state index in [0.717, 1.165) is 12.1 Å². The lowest BCUT2D eigenvalue weighted by molar-refractivity contribution is 0.577. The number of allylic oxidation sites excluding steroid dienone is 4. The van der Waals surface area contributed by atoms with E-state index in [1.54, 1.807) is 13.0 Å². The van der Waals surface area contributed by atoms with Crippen LogP contribution in [0.2, 0.25) is 0 Å². The Kier molecular flexibility index (Phi) is 2.74. The molecule has 2 heteroatoms. The standard InChI is InChI=1S/C9H10FN/c1-2-7-11-9-5-3-8(10)4-6-9/h3,5,11H,4,6H2,1H3. The first-order chi connectivity index (χ1) is 5.33. The second kappa shape index (κ2) is 3.82. The summed E-state index contributed by atoms with van der Waals surface area (Å²) in [5, 5.41) is 2.88. The normalized spacial score (nSPS) is 15.8. The molecule has 1 aliphatic rings. The quantitative estimate of drug-likeness (QED) is 0.447. The van der Waals surface area contributed by atoms with E-state index < -0.39 is 0 Å². The van der Waals surface area contributed by atoms with Crippen molar-refractivity contribution >= 4 is 0 Å². The van der Waals surface area contributed by atoms with Crippen LogP contribution in [0.1, 0.15) is 19.8 Å². The Morgan fingerprint density at radius 1 is 1.45 bits per heavy atom. The average Bonchev–Trinajstić information content (AvgIpc) is 2.04. The zero-order valence-electron chi connectivity index (χ0n) is 6.45. The predicted octanol–water partition coefficient (Wildman–Crippen LogP) is 2.09. The van der Waals surface area contributed by atoms with Crippen LogP contribution in [-0.2, 0) is 0 Å². The summed E-state index contributed by atoms with van der Waals surface area (Å²) >= 11 is 0. The monoisotopic (exact) mass is 151 g/mol. The van der Waals surface area contributed by atoms with Gasteiger partial charge in [-0.25, -0.2) is 4.39 Å². The van der Waals surface area contributed by atoms with E-state index >= 15 is 0 Å². The van der Waals surface area contributed by atoms with Crippen LogP contribution in [0.3, 0.4) is 0 Å². The molecule has 1 N–H and O–H groups in total. The highest BCUT2D eigenvalue weighted by Gasteiger charge is 2.03. The Hall–Kier alpha value is -1.23. The topological polar surface area (TPSA) is 12.0 Å². The van der Waals surface area contributed by atoms with Gasteiger partial charge in [0.15, 0.2) is 0 Å². The largest absolute Gasteiger partial charge is 0.319 e. The fourth-order valence-corrected chi connectivity index (χ4v) is 0.859. The fraction of sp³-hybridized carbons (Fsp3) is 0.333. The molecular weight excluding hydrogens is 141 g/mol. The van der Waals surface area contributed by atoms with Crippen LogP contribution in [0.15, 0.2) is 23.7 Å². The van der Waals surface area contributed by atoms with E-state index in [1.165, 1.54) is 6.08 Å². The van der Waals surface area contributed by atoms with Crippen molar-refractivity contribution in [1.82, 2.24) is 5.32 Å². The van der Waals surface area contributed by atoms with Crippen LogP contribution >= 0.6 is 0 Å². The molecule has 0 saturated heterocycles. The second-order valence-electron chi connectivity index (χ2n) is 2.31. The summed E-state index contributed by atoms with van der Waals surface area (Å²) in [4.78, 5) is 0. The fourth-order valence-electron chi connectivity index (χ4n) is 0.859. The summed E-state index contributed by atoms with van der Waals surface area (Å²) in [6.07, 6.45) is 4.41. The third kappa shape index (κ3) is 2.46. The summed E-state index contributed by atoms with van der Waals surface area (Å²) in [6, 6.07) is 2.71. The Balaban J connectivity index is 2.52. The molecule has 0 fully saturated rings. The van der Waals surface area contributed by atoms with Crippen LogP contribution in [-0.4, -0.2) is 0 Å². The first kappa shape index (κ1) is 7.87. The summed E-state index contributed by atoms with van der Waals surface area (Å²) in [7, 11) is 0. The zero-order valence-corrected chi connectivity index (χ0v) is 6.45. The molecule has 0 heterocycles. The molecule has 1 aliphatic carbocycles. The molecule has 58 valence electrons. The molecule has 0 aromatic rings. The Morgan fingerprint density at radius 2 is 2.27 bits per heavy atom. The van der Waals surface area contributed by atoms with Gasteiger partial charge in [-0.3, -0.25) is 0 Å². The van der Waals surface area contributed by atoms with Crippen LogP contribution in [0.25, 0.3) is 0 Å². The van der Waals surface area contributed by atoms with Crippen molar-refractivity contribution in [3.63, 3.8) is 0 Å². The SMILES string of the molecule is CC#CNC1=CC=C(F)CC1. The molecule has 0 aromatic heterocycles. The van der Waals surface area contributed by atoms with E-state index in [0.29, 0.717) is 6.42 Å². The summed E-state index contributed by atoms with van der Waals surface area (Å²) < 4.78 is 12.4. The smallest absolute Gasteiger partial charge is 0.100 e. The Morgan fingerprint density at radius 3 is 2.82 bits per heavy atom. The highest BCUT2D eigenvalue weighted by molar-refractivity contribution is 5.21. The Labute approximate surface area is 66.0 Å². The zero-order chi connectivity index (χ0) is 8.10. The van der Waals surface area contributed by atoms with Gasteiger partial charge < -0.3 is 5.32 Å². The molecule has 0 atom stereocenters. The maximum absolute atomic E-state index is 12.4. The third-order valence-electron chi connectivity index (χ3n) is 1.45. The predicted molar refractivity (Wildman–Crippen MR) is 43.1 cm³/mol. The van der Waals surface area contributed by atoms with Gasteiger partial charge in [0.1, 0.15) is 5.83 Å². The number of rotatable bonds is 1. The lowest BCUT2D eigenvalue weighted by atomic mass is 10.1. The van der Waals surface area contributed by atoms with E-state index in [4.69, 9.17) is 0 Å². The summed E-state index contributed by atoms with van der Waals surface area (Å²) in [6.45, 7) is 1.76. The van der Waals surface area contributed by atoms with Gasteiger partial charge in [0.2, 0.25) is 0 Å². The Bertz CT molecular complexity index is 252. The summed E-state index contributed by atoms with van der Waals surface area (Å²) in [5.74, 6) is 2.65. The third-order valence-corrected chi connectivity index (χ3v) is 1.45. The molecule has 0 radical (unpaired) electrons. The average molecular weight is 151 g/mol.